The molecule has 4 nitrogen and oxygen atoms in total. The number of terminal acetylenes is 1. The van der Waals surface area contributed by atoms with Gasteiger partial charge in [0.25, 0.3) is 0 Å². The summed E-state index contributed by atoms with van der Waals surface area (Å²) < 4.78 is 1.14. The van der Waals surface area contributed by atoms with Crippen LogP contribution in [0.3, 0.4) is 0 Å². The van der Waals surface area contributed by atoms with Crippen molar-refractivity contribution >= 4 is 38.6 Å². The summed E-state index contributed by atoms with van der Waals surface area (Å²) in [5.41, 5.74) is 9.21. The van der Waals surface area contributed by atoms with Gasteiger partial charge in [-0.25, -0.2) is 0 Å². The van der Waals surface area contributed by atoms with Crippen LogP contribution >= 0.6 is 22.7 Å². The van der Waals surface area contributed by atoms with Crippen LogP contribution < -0.4 is 11.1 Å². The molecular weight excluding hydrogens is 324 g/mol. The van der Waals surface area contributed by atoms with Crippen LogP contribution in [-0.4, -0.2) is 16.2 Å². The maximum absolute atomic E-state index is 6.08. The number of rotatable bonds is 6. The minimum absolute atomic E-state index is 0.0118. The molecule has 0 saturated carbocycles. The van der Waals surface area contributed by atoms with Gasteiger partial charge in [0.05, 0.1) is 16.6 Å². The van der Waals surface area contributed by atoms with Crippen LogP contribution in [-0.2, 0) is 13.0 Å². The highest BCUT2D eigenvalue weighted by Gasteiger charge is 2.15. The molecule has 0 unspecified atom stereocenters. The Morgan fingerprint density at radius 2 is 2.35 bits per heavy atom. The molecule has 0 amide bonds. The lowest BCUT2D eigenvalue weighted by molar-refractivity contribution is 0.694. The van der Waals surface area contributed by atoms with E-state index in [1.54, 1.807) is 28.9 Å². The van der Waals surface area contributed by atoms with Gasteiger partial charge in [-0.15, -0.1) is 40.1 Å². The van der Waals surface area contributed by atoms with E-state index in [-0.39, 0.29) is 6.04 Å². The number of aromatic nitrogens is 2. The molecule has 0 aliphatic rings. The van der Waals surface area contributed by atoms with Gasteiger partial charge in [0, 0.05) is 28.8 Å². The predicted octanol–water partition coefficient (Wildman–Crippen LogP) is 3.57. The Balaban J connectivity index is 1.86. The molecule has 0 bridgehead atoms. The van der Waals surface area contributed by atoms with E-state index >= 15 is 0 Å². The third-order valence-corrected chi connectivity index (χ3v) is 5.88. The average molecular weight is 342 g/mol. The fourth-order valence-electron chi connectivity index (χ4n) is 2.43. The second-order valence-electron chi connectivity index (χ2n) is 5.39. The van der Waals surface area contributed by atoms with E-state index in [0.29, 0.717) is 6.42 Å². The van der Waals surface area contributed by atoms with Gasteiger partial charge in [0.1, 0.15) is 5.52 Å². The van der Waals surface area contributed by atoms with Crippen molar-refractivity contribution in [3.63, 3.8) is 0 Å². The van der Waals surface area contributed by atoms with Crippen molar-refractivity contribution in [3.05, 3.63) is 39.0 Å². The largest absolute Gasteiger partial charge is 0.378 e. The fourth-order valence-corrected chi connectivity index (χ4v) is 4.40. The third kappa shape index (κ3) is 3.53. The highest BCUT2D eigenvalue weighted by molar-refractivity contribution is 7.19. The van der Waals surface area contributed by atoms with Crippen LogP contribution in [0.5, 0.6) is 0 Å². The molecule has 23 heavy (non-hydrogen) atoms. The monoisotopic (exact) mass is 342 g/mol. The molecule has 0 fully saturated rings. The smallest absolute Gasteiger partial charge is 0.109 e. The molecule has 3 aromatic rings. The van der Waals surface area contributed by atoms with Gasteiger partial charge < -0.3 is 11.1 Å². The van der Waals surface area contributed by atoms with Crippen LogP contribution in [0.1, 0.15) is 21.7 Å². The van der Waals surface area contributed by atoms with Crippen molar-refractivity contribution in [1.82, 2.24) is 10.2 Å². The van der Waals surface area contributed by atoms with Crippen LogP contribution in [0.4, 0.5) is 5.69 Å². The minimum atomic E-state index is -0.0118. The predicted molar refractivity (Wildman–Crippen MR) is 98.9 cm³/mol. The van der Waals surface area contributed by atoms with Gasteiger partial charge in [0.2, 0.25) is 0 Å². The first-order valence-corrected chi connectivity index (χ1v) is 9.07. The summed E-state index contributed by atoms with van der Waals surface area (Å²) in [6, 6.07) is 4.16. The zero-order valence-electron chi connectivity index (χ0n) is 12.9. The highest BCUT2D eigenvalue weighted by atomic mass is 32.1. The molecule has 3 heterocycles. The maximum Gasteiger partial charge on any atom is 0.109 e. The first-order chi connectivity index (χ1) is 11.2. The first kappa shape index (κ1) is 15.9. The quantitative estimate of drug-likeness (QED) is 0.672. The fraction of sp³-hybridized carbons (Fsp3) is 0.294. The van der Waals surface area contributed by atoms with Crippen LogP contribution in [0.15, 0.2) is 23.7 Å². The summed E-state index contributed by atoms with van der Waals surface area (Å²) in [7, 11) is 0. The van der Waals surface area contributed by atoms with Gasteiger partial charge in [-0.3, -0.25) is 0 Å². The summed E-state index contributed by atoms with van der Waals surface area (Å²) >= 11 is 3.47. The molecule has 0 radical (unpaired) electrons. The summed E-state index contributed by atoms with van der Waals surface area (Å²) in [4.78, 5) is 2.53. The third-order valence-electron chi connectivity index (χ3n) is 3.66. The van der Waals surface area contributed by atoms with Crippen molar-refractivity contribution in [2.45, 2.75) is 32.4 Å². The van der Waals surface area contributed by atoms with Crippen molar-refractivity contribution < 1.29 is 0 Å². The molecule has 0 saturated heterocycles. The second-order valence-corrected chi connectivity index (χ2v) is 7.53. The highest BCUT2D eigenvalue weighted by Crippen LogP contribution is 2.34. The average Bonchev–Trinajstić information content (AvgIpc) is 3.15. The van der Waals surface area contributed by atoms with Gasteiger partial charge in [-0.05, 0) is 30.4 Å². The number of nitrogens with one attached hydrogen (secondary N) is 1. The van der Waals surface area contributed by atoms with Crippen LogP contribution in [0.2, 0.25) is 0 Å². The summed E-state index contributed by atoms with van der Waals surface area (Å²) in [6.07, 6.45) is 8.50. The molecule has 118 valence electrons. The molecule has 1 atom stereocenters. The van der Waals surface area contributed by atoms with E-state index < -0.39 is 0 Å². The molecule has 6 heteroatoms. The van der Waals surface area contributed by atoms with Gasteiger partial charge in [-0.1, -0.05) is 6.07 Å². The number of anilines is 1. The second kappa shape index (κ2) is 7.09. The van der Waals surface area contributed by atoms with E-state index in [1.807, 2.05) is 0 Å². The number of fused-ring (bicyclic) bond motifs is 1. The molecule has 0 aliphatic heterocycles. The minimum Gasteiger partial charge on any atom is -0.378 e. The molecule has 3 rings (SSSR count). The van der Waals surface area contributed by atoms with E-state index in [4.69, 9.17) is 12.2 Å². The topological polar surface area (TPSA) is 63.8 Å². The Morgan fingerprint density at radius 3 is 3.09 bits per heavy atom. The number of nitrogens with two attached hydrogens (primary N) is 1. The Hall–Kier alpha value is -1.94. The van der Waals surface area contributed by atoms with E-state index in [2.05, 4.69) is 45.9 Å². The van der Waals surface area contributed by atoms with Crippen molar-refractivity contribution in [2.75, 3.05) is 5.32 Å². The SMILES string of the molecule is C#CC[C@H](N)Cc1sc2c(NCc3cccs3)cnnc2c1C. The Morgan fingerprint density at radius 1 is 1.48 bits per heavy atom. The zero-order chi connectivity index (χ0) is 16.2. The standard InChI is InChI=1S/C17H18N4S2/c1-3-5-12(18)8-15-11(2)16-17(23-15)14(10-20-21-16)19-9-13-6-4-7-22-13/h1,4,6-7,10,12H,5,8-9,18H2,2H3,(H,19,21)/t12-/m0/s1. The lowest BCUT2D eigenvalue weighted by Gasteiger charge is -2.06. The molecular formula is C17H18N4S2. The van der Waals surface area contributed by atoms with Gasteiger partial charge in [-0.2, -0.15) is 5.10 Å². The number of hydrogen-bond donors (Lipinski definition) is 2. The van der Waals surface area contributed by atoms with Crippen molar-refractivity contribution in [2.24, 2.45) is 5.73 Å². The Labute approximate surface area is 143 Å². The van der Waals surface area contributed by atoms with E-state index in [0.717, 1.165) is 34.4 Å². The Bertz CT molecular complexity index is 830. The van der Waals surface area contributed by atoms with E-state index in [1.165, 1.54) is 9.75 Å². The summed E-state index contributed by atoms with van der Waals surface area (Å²) in [5, 5.41) is 14.0. The summed E-state index contributed by atoms with van der Waals surface area (Å²) in [5.74, 6) is 2.63. The van der Waals surface area contributed by atoms with Crippen molar-refractivity contribution in [1.29, 1.82) is 0 Å². The molecule has 3 aromatic heterocycles. The van der Waals surface area contributed by atoms with Crippen LogP contribution in [0, 0.1) is 19.3 Å². The van der Waals surface area contributed by atoms with Gasteiger partial charge in [0.15, 0.2) is 0 Å². The number of hydrogen-bond acceptors (Lipinski definition) is 6. The molecule has 0 aromatic carbocycles. The van der Waals surface area contributed by atoms with E-state index in [9.17, 15) is 0 Å². The number of thiophene rings is 2. The Kier molecular flexibility index (Phi) is 4.91. The van der Waals surface area contributed by atoms with Crippen LogP contribution in [0.25, 0.3) is 10.2 Å². The zero-order valence-corrected chi connectivity index (χ0v) is 14.5. The molecule has 0 aliphatic carbocycles. The molecule has 0 spiro atoms. The lowest BCUT2D eigenvalue weighted by Crippen LogP contribution is -2.21. The number of aryl methyl sites for hydroxylation is 1. The lowest BCUT2D eigenvalue weighted by atomic mass is 10.1. The molecule has 3 N–H and O–H groups in total. The van der Waals surface area contributed by atoms with Gasteiger partial charge >= 0.3 is 0 Å². The first-order valence-electron chi connectivity index (χ1n) is 7.38. The maximum atomic E-state index is 6.08. The normalized spacial score (nSPS) is 12.2. The number of nitrogens with zero attached hydrogens (tertiary/aromatic N) is 2. The summed E-state index contributed by atoms with van der Waals surface area (Å²) in [6.45, 7) is 2.87. The van der Waals surface area contributed by atoms with Crippen molar-refractivity contribution in [3.8, 4) is 12.3 Å².